The molecule has 2 aliphatic heterocycles. The molecule has 0 aliphatic carbocycles. The van der Waals surface area contributed by atoms with E-state index >= 15 is 0 Å². The first kappa shape index (κ1) is 25.6. The van der Waals surface area contributed by atoms with Crippen molar-refractivity contribution in [3.8, 4) is 0 Å². The number of benzene rings is 1. The van der Waals surface area contributed by atoms with Crippen LogP contribution in [-0.4, -0.2) is 76.0 Å². The molecule has 32 heavy (non-hydrogen) atoms. The van der Waals surface area contributed by atoms with Crippen molar-refractivity contribution >= 4 is 17.9 Å². The molecular formula is C24H38N4O4. The highest BCUT2D eigenvalue weighted by atomic mass is 16.4. The van der Waals surface area contributed by atoms with Gasteiger partial charge in [-0.05, 0) is 44.1 Å². The van der Waals surface area contributed by atoms with E-state index in [0.717, 1.165) is 63.8 Å². The van der Waals surface area contributed by atoms with Gasteiger partial charge < -0.3 is 20.6 Å². The number of rotatable bonds is 7. The minimum atomic E-state index is -1.04. The van der Waals surface area contributed by atoms with E-state index in [1.54, 1.807) is 4.90 Å². The van der Waals surface area contributed by atoms with Gasteiger partial charge in [-0.3, -0.25) is 14.5 Å². The van der Waals surface area contributed by atoms with Crippen LogP contribution in [0.4, 0.5) is 4.79 Å². The van der Waals surface area contributed by atoms with Crippen molar-refractivity contribution < 1.29 is 19.5 Å². The molecule has 1 aromatic rings. The van der Waals surface area contributed by atoms with Gasteiger partial charge in [0, 0.05) is 32.7 Å². The molecule has 0 bridgehead atoms. The van der Waals surface area contributed by atoms with Crippen LogP contribution in [0.1, 0.15) is 57.9 Å². The molecule has 0 radical (unpaired) electrons. The Morgan fingerprint density at radius 3 is 1.84 bits per heavy atom. The molecule has 0 unspecified atom stereocenters. The summed E-state index contributed by atoms with van der Waals surface area (Å²) in [4.78, 5) is 40.4. The monoisotopic (exact) mass is 446 g/mol. The topological polar surface area (TPSA) is 107 Å². The fourth-order valence-corrected chi connectivity index (χ4v) is 4.11. The first-order valence-corrected chi connectivity index (χ1v) is 11.8. The molecule has 3 rings (SSSR count). The van der Waals surface area contributed by atoms with Crippen LogP contribution in [0.25, 0.3) is 0 Å². The van der Waals surface area contributed by atoms with Gasteiger partial charge in [-0.1, -0.05) is 44.2 Å². The van der Waals surface area contributed by atoms with Crippen LogP contribution in [0.15, 0.2) is 30.3 Å². The summed E-state index contributed by atoms with van der Waals surface area (Å²) < 4.78 is 0. The van der Waals surface area contributed by atoms with E-state index in [9.17, 15) is 19.5 Å². The van der Waals surface area contributed by atoms with Crippen molar-refractivity contribution in [1.29, 1.82) is 0 Å². The molecule has 1 aromatic carbocycles. The zero-order valence-corrected chi connectivity index (χ0v) is 19.4. The smallest absolute Gasteiger partial charge is 0.408 e. The van der Waals surface area contributed by atoms with Crippen LogP contribution in [-0.2, 0) is 16.1 Å². The van der Waals surface area contributed by atoms with Crippen molar-refractivity contribution in [3.63, 3.8) is 0 Å². The summed E-state index contributed by atoms with van der Waals surface area (Å²) in [7, 11) is 0. The van der Waals surface area contributed by atoms with Crippen molar-refractivity contribution in [2.45, 2.75) is 71.0 Å². The van der Waals surface area contributed by atoms with Crippen molar-refractivity contribution in [3.05, 3.63) is 35.9 Å². The van der Waals surface area contributed by atoms with Gasteiger partial charge in [0.05, 0.1) is 6.04 Å². The first-order chi connectivity index (χ1) is 15.4. The maximum absolute atomic E-state index is 12.5. The third-order valence-electron chi connectivity index (χ3n) is 6.08. The lowest BCUT2D eigenvalue weighted by Crippen LogP contribution is -2.49. The predicted octanol–water partition coefficient (Wildman–Crippen LogP) is 2.91. The lowest BCUT2D eigenvalue weighted by Gasteiger charge is -2.31. The van der Waals surface area contributed by atoms with Gasteiger partial charge in [0.15, 0.2) is 0 Å². The molecule has 8 heteroatoms. The Labute approximate surface area is 191 Å². The lowest BCUT2D eigenvalue weighted by molar-refractivity contribution is -0.135. The van der Waals surface area contributed by atoms with Gasteiger partial charge in [-0.15, -0.1) is 0 Å². The molecule has 2 aliphatic rings. The number of hydrogen-bond donors (Lipinski definition) is 2. The fourth-order valence-electron chi connectivity index (χ4n) is 4.11. The standard InChI is InChI=1S/C16H22N2O3.C8H16N2O/c1-2-14(15(19)17-10-6-7-11-17)18(16(20)21)12-13-8-4-3-5-9-13;1-2-7(9)8(11)10-5-3-4-6-10/h3-5,8-9,14H,2,6-7,10-12H2,1H3,(H,20,21);7H,2-6,9H2,1H3/t14-;7-/m00/s1. The number of hydrogen-bond acceptors (Lipinski definition) is 4. The molecule has 3 N–H and O–H groups in total. The van der Waals surface area contributed by atoms with E-state index in [1.165, 1.54) is 4.90 Å². The highest BCUT2D eigenvalue weighted by molar-refractivity contribution is 5.85. The van der Waals surface area contributed by atoms with Gasteiger partial charge in [0.25, 0.3) is 0 Å². The number of amides is 3. The molecule has 0 aromatic heterocycles. The van der Waals surface area contributed by atoms with Gasteiger partial charge in [0.1, 0.15) is 6.04 Å². The van der Waals surface area contributed by atoms with E-state index in [4.69, 9.17) is 5.73 Å². The molecule has 3 amide bonds. The van der Waals surface area contributed by atoms with E-state index in [1.807, 2.05) is 49.1 Å². The Bertz CT molecular complexity index is 731. The average molecular weight is 447 g/mol. The van der Waals surface area contributed by atoms with E-state index in [-0.39, 0.29) is 24.4 Å². The molecule has 2 fully saturated rings. The summed E-state index contributed by atoms with van der Waals surface area (Å²) in [6.07, 6.45) is 4.49. The predicted molar refractivity (Wildman–Crippen MR) is 124 cm³/mol. The molecule has 178 valence electrons. The van der Waals surface area contributed by atoms with Crippen LogP contribution >= 0.6 is 0 Å². The van der Waals surface area contributed by atoms with Crippen LogP contribution in [0.3, 0.4) is 0 Å². The Hall–Kier alpha value is -2.61. The van der Waals surface area contributed by atoms with Gasteiger partial charge in [-0.2, -0.15) is 0 Å². The number of carboxylic acid groups (broad SMARTS) is 1. The summed E-state index contributed by atoms with van der Waals surface area (Å²) in [6, 6.07) is 8.53. The highest BCUT2D eigenvalue weighted by Gasteiger charge is 2.32. The van der Waals surface area contributed by atoms with Gasteiger partial charge >= 0.3 is 6.09 Å². The minimum absolute atomic E-state index is 0.0617. The quantitative estimate of drug-likeness (QED) is 0.670. The number of nitrogens with two attached hydrogens (primary N) is 1. The summed E-state index contributed by atoms with van der Waals surface area (Å²) in [5, 5.41) is 9.48. The molecule has 2 saturated heterocycles. The second kappa shape index (κ2) is 13.1. The molecular weight excluding hydrogens is 408 g/mol. The zero-order chi connectivity index (χ0) is 23.5. The summed E-state index contributed by atoms with van der Waals surface area (Å²) in [5.74, 6) is 0.0679. The molecule has 8 nitrogen and oxygen atoms in total. The molecule has 2 heterocycles. The number of likely N-dealkylation sites (tertiary alicyclic amines) is 2. The van der Waals surface area contributed by atoms with Crippen LogP contribution in [0.2, 0.25) is 0 Å². The molecule has 0 spiro atoms. The van der Waals surface area contributed by atoms with Crippen LogP contribution < -0.4 is 5.73 Å². The highest BCUT2D eigenvalue weighted by Crippen LogP contribution is 2.17. The van der Waals surface area contributed by atoms with Crippen molar-refractivity contribution in [2.24, 2.45) is 5.73 Å². The fraction of sp³-hybridized carbons (Fsp3) is 0.625. The first-order valence-electron chi connectivity index (χ1n) is 11.8. The van der Waals surface area contributed by atoms with E-state index < -0.39 is 12.1 Å². The normalized spacial score (nSPS) is 17.3. The second-order valence-corrected chi connectivity index (χ2v) is 8.40. The van der Waals surface area contributed by atoms with Gasteiger partial charge in [-0.25, -0.2) is 4.79 Å². The Morgan fingerprint density at radius 2 is 1.41 bits per heavy atom. The molecule has 0 saturated carbocycles. The summed E-state index contributed by atoms with van der Waals surface area (Å²) in [6.45, 7) is 7.35. The lowest BCUT2D eigenvalue weighted by atomic mass is 10.1. The summed E-state index contributed by atoms with van der Waals surface area (Å²) >= 11 is 0. The largest absolute Gasteiger partial charge is 0.465 e. The number of carbonyl (C=O) groups excluding carboxylic acids is 2. The number of nitrogens with zero attached hydrogens (tertiary/aromatic N) is 3. The Balaban J connectivity index is 0.000000278. The SMILES string of the molecule is CC[C@@H](C(=O)N1CCCC1)N(Cc1ccccc1)C(=O)O.CC[C@H](N)C(=O)N1CCCC1. The maximum atomic E-state index is 12.5. The third kappa shape index (κ3) is 7.22. The third-order valence-corrected chi connectivity index (χ3v) is 6.08. The second-order valence-electron chi connectivity index (χ2n) is 8.40. The zero-order valence-electron chi connectivity index (χ0n) is 19.4. The number of carbonyl (C=O) groups is 3. The van der Waals surface area contributed by atoms with Crippen LogP contribution in [0, 0.1) is 0 Å². The Kier molecular flexibility index (Phi) is 10.5. The minimum Gasteiger partial charge on any atom is -0.465 e. The summed E-state index contributed by atoms with van der Waals surface area (Å²) in [5.41, 5.74) is 6.50. The average Bonchev–Trinajstić information content (AvgIpc) is 3.53. The van der Waals surface area contributed by atoms with Crippen molar-refractivity contribution in [2.75, 3.05) is 26.2 Å². The van der Waals surface area contributed by atoms with E-state index in [2.05, 4.69) is 0 Å². The van der Waals surface area contributed by atoms with Crippen LogP contribution in [0.5, 0.6) is 0 Å². The maximum Gasteiger partial charge on any atom is 0.408 e. The van der Waals surface area contributed by atoms with Gasteiger partial charge in [0.2, 0.25) is 11.8 Å². The molecule has 2 atom stereocenters. The Morgan fingerprint density at radius 1 is 0.906 bits per heavy atom. The van der Waals surface area contributed by atoms with Crippen molar-refractivity contribution in [1.82, 2.24) is 14.7 Å². The van der Waals surface area contributed by atoms with E-state index in [0.29, 0.717) is 6.42 Å².